The number of nitrogens with one attached hydrogen (secondary N) is 1. The monoisotopic (exact) mass is 163 g/mol. The Bertz CT molecular complexity index is 193. The van der Waals surface area contributed by atoms with Gasteiger partial charge in [0.15, 0.2) is 5.78 Å². The van der Waals surface area contributed by atoms with Crippen molar-refractivity contribution in [1.29, 1.82) is 0 Å². The fourth-order valence-corrected chi connectivity index (χ4v) is 0.819. The van der Waals surface area contributed by atoms with Gasteiger partial charge in [0.05, 0.1) is 0 Å². The van der Waals surface area contributed by atoms with Crippen molar-refractivity contribution >= 4 is 5.78 Å². The first-order valence-corrected chi connectivity index (χ1v) is 3.05. The highest BCUT2D eigenvalue weighted by Gasteiger charge is 2.33. The molecule has 2 N–H and O–H groups in total. The predicted octanol–water partition coefficient (Wildman–Crippen LogP) is -0.333. The lowest BCUT2D eigenvalue weighted by Crippen LogP contribution is -2.49. The number of alkyl halides is 2. The number of hydrogen-bond donors (Lipinski definition) is 2. The number of rotatable bonds is 1. The zero-order valence-corrected chi connectivity index (χ0v) is 5.50. The van der Waals surface area contributed by atoms with Crippen LogP contribution in [0.5, 0.6) is 0 Å². The molecule has 0 bridgehead atoms. The molecule has 1 rings (SSSR count). The summed E-state index contributed by atoms with van der Waals surface area (Å²) in [5.41, 5.74) is 0. The van der Waals surface area contributed by atoms with Crippen molar-refractivity contribution in [1.82, 2.24) is 5.32 Å². The molecule has 2 atom stereocenters. The van der Waals surface area contributed by atoms with E-state index in [9.17, 15) is 13.6 Å². The summed E-state index contributed by atoms with van der Waals surface area (Å²) < 4.78 is 23.9. The number of ketones is 1. The molecular weight excluding hydrogens is 156 g/mol. The van der Waals surface area contributed by atoms with Crippen LogP contribution in [0.2, 0.25) is 0 Å². The van der Waals surface area contributed by atoms with E-state index in [0.717, 1.165) is 12.3 Å². The van der Waals surface area contributed by atoms with Crippen molar-refractivity contribution in [3.05, 3.63) is 12.3 Å². The van der Waals surface area contributed by atoms with Gasteiger partial charge in [0.25, 0.3) is 6.43 Å². The van der Waals surface area contributed by atoms with Gasteiger partial charge in [0.2, 0.25) is 0 Å². The van der Waals surface area contributed by atoms with Crippen molar-refractivity contribution in [2.45, 2.75) is 18.6 Å². The Morgan fingerprint density at radius 3 is 2.73 bits per heavy atom. The second kappa shape index (κ2) is 2.96. The van der Waals surface area contributed by atoms with Gasteiger partial charge < -0.3 is 10.4 Å². The third-order valence-corrected chi connectivity index (χ3v) is 1.44. The van der Waals surface area contributed by atoms with E-state index in [2.05, 4.69) is 5.32 Å². The fraction of sp³-hybridized carbons (Fsp3) is 0.500. The van der Waals surface area contributed by atoms with E-state index in [-0.39, 0.29) is 0 Å². The van der Waals surface area contributed by atoms with Crippen LogP contribution in [0, 0.1) is 0 Å². The number of carbonyl (C=O) groups is 1. The molecule has 5 heteroatoms. The molecule has 1 aliphatic rings. The Labute approximate surface area is 61.7 Å². The average Bonchev–Trinajstić information content (AvgIpc) is 1.94. The number of halogens is 2. The van der Waals surface area contributed by atoms with Crippen molar-refractivity contribution in [3.8, 4) is 0 Å². The van der Waals surface area contributed by atoms with E-state index in [0.29, 0.717) is 0 Å². The third kappa shape index (κ3) is 1.54. The van der Waals surface area contributed by atoms with E-state index < -0.39 is 24.4 Å². The SMILES string of the molecule is O=C1C=CNC(C(F)F)C1O. The maximum absolute atomic E-state index is 11.9. The van der Waals surface area contributed by atoms with Crippen LogP contribution in [0.4, 0.5) is 8.78 Å². The topological polar surface area (TPSA) is 49.3 Å². The summed E-state index contributed by atoms with van der Waals surface area (Å²) in [7, 11) is 0. The molecule has 2 unspecified atom stereocenters. The summed E-state index contributed by atoms with van der Waals surface area (Å²) in [5, 5.41) is 11.1. The van der Waals surface area contributed by atoms with E-state index in [1.807, 2.05) is 0 Å². The molecule has 1 aliphatic heterocycles. The fourth-order valence-electron chi connectivity index (χ4n) is 0.819. The van der Waals surface area contributed by atoms with Gasteiger partial charge in [-0.05, 0) is 6.08 Å². The summed E-state index contributed by atoms with van der Waals surface area (Å²) in [4.78, 5) is 10.6. The Hall–Kier alpha value is -0.970. The minimum atomic E-state index is -2.74. The van der Waals surface area contributed by atoms with Crippen molar-refractivity contribution in [2.75, 3.05) is 0 Å². The van der Waals surface area contributed by atoms with Crippen LogP contribution in [0.25, 0.3) is 0 Å². The molecule has 0 aliphatic carbocycles. The first-order chi connectivity index (χ1) is 5.13. The zero-order chi connectivity index (χ0) is 8.43. The summed E-state index contributed by atoms with van der Waals surface area (Å²) in [6, 6.07) is -1.47. The van der Waals surface area contributed by atoms with Gasteiger partial charge in [-0.15, -0.1) is 0 Å². The van der Waals surface area contributed by atoms with Crippen LogP contribution < -0.4 is 5.32 Å². The highest BCUT2D eigenvalue weighted by Crippen LogP contribution is 2.10. The molecule has 0 aromatic heterocycles. The lowest BCUT2D eigenvalue weighted by molar-refractivity contribution is -0.126. The molecule has 0 aromatic rings. The lowest BCUT2D eigenvalue weighted by Gasteiger charge is -2.23. The molecule has 0 saturated heterocycles. The molecule has 1 heterocycles. The van der Waals surface area contributed by atoms with Gasteiger partial charge in [0, 0.05) is 6.20 Å². The largest absolute Gasteiger partial charge is 0.383 e. The zero-order valence-electron chi connectivity index (χ0n) is 5.50. The molecule has 11 heavy (non-hydrogen) atoms. The maximum Gasteiger partial charge on any atom is 0.261 e. The van der Waals surface area contributed by atoms with Crippen LogP contribution in [-0.2, 0) is 4.79 Å². The molecule has 62 valence electrons. The molecule has 0 aromatic carbocycles. The summed E-state index contributed by atoms with van der Waals surface area (Å²) in [6.07, 6.45) is -2.21. The molecule has 0 amide bonds. The van der Waals surface area contributed by atoms with Crippen molar-refractivity contribution in [3.63, 3.8) is 0 Å². The lowest BCUT2D eigenvalue weighted by atomic mass is 10.1. The van der Waals surface area contributed by atoms with Crippen molar-refractivity contribution < 1.29 is 18.7 Å². The van der Waals surface area contributed by atoms with Crippen LogP contribution in [0.3, 0.4) is 0 Å². The van der Waals surface area contributed by atoms with E-state index in [1.165, 1.54) is 0 Å². The number of aliphatic hydroxyl groups excluding tert-OH is 1. The molecule has 0 spiro atoms. The van der Waals surface area contributed by atoms with Gasteiger partial charge in [-0.2, -0.15) is 0 Å². The molecular formula is C6H7F2NO2. The van der Waals surface area contributed by atoms with E-state index in [4.69, 9.17) is 5.11 Å². The third-order valence-electron chi connectivity index (χ3n) is 1.44. The van der Waals surface area contributed by atoms with Gasteiger partial charge >= 0.3 is 0 Å². The second-order valence-corrected chi connectivity index (χ2v) is 2.21. The highest BCUT2D eigenvalue weighted by molar-refractivity contribution is 5.94. The minimum absolute atomic E-state index is 0.686. The summed E-state index contributed by atoms with van der Waals surface area (Å²) in [5.74, 6) is -0.686. The van der Waals surface area contributed by atoms with Gasteiger partial charge in [0.1, 0.15) is 12.1 Å². The Morgan fingerprint density at radius 2 is 2.27 bits per heavy atom. The maximum atomic E-state index is 11.9. The molecule has 0 saturated carbocycles. The van der Waals surface area contributed by atoms with E-state index >= 15 is 0 Å². The number of aliphatic hydroxyl groups is 1. The van der Waals surface area contributed by atoms with Crippen molar-refractivity contribution in [2.24, 2.45) is 0 Å². The average molecular weight is 163 g/mol. The Balaban J connectivity index is 2.70. The number of hydrogen-bond acceptors (Lipinski definition) is 3. The molecule has 0 fully saturated rings. The van der Waals surface area contributed by atoms with Gasteiger partial charge in [-0.1, -0.05) is 0 Å². The van der Waals surface area contributed by atoms with Crippen LogP contribution in [0.1, 0.15) is 0 Å². The smallest absolute Gasteiger partial charge is 0.261 e. The minimum Gasteiger partial charge on any atom is -0.383 e. The standard InChI is InChI=1S/C6H7F2NO2/c7-6(8)4-5(11)3(10)1-2-9-4/h1-2,4-6,9,11H. The second-order valence-electron chi connectivity index (χ2n) is 2.21. The Kier molecular flexibility index (Phi) is 2.19. The summed E-state index contributed by atoms with van der Waals surface area (Å²) >= 11 is 0. The predicted molar refractivity (Wildman–Crippen MR) is 33.1 cm³/mol. The van der Waals surface area contributed by atoms with Gasteiger partial charge in [-0.25, -0.2) is 8.78 Å². The Morgan fingerprint density at radius 1 is 1.64 bits per heavy atom. The molecule has 3 nitrogen and oxygen atoms in total. The van der Waals surface area contributed by atoms with E-state index in [1.54, 1.807) is 0 Å². The van der Waals surface area contributed by atoms with Crippen LogP contribution in [-0.4, -0.2) is 29.5 Å². The number of carbonyl (C=O) groups excluding carboxylic acids is 1. The highest BCUT2D eigenvalue weighted by atomic mass is 19.3. The molecule has 0 radical (unpaired) electrons. The van der Waals surface area contributed by atoms with Gasteiger partial charge in [-0.3, -0.25) is 4.79 Å². The van der Waals surface area contributed by atoms with Crippen LogP contribution in [0.15, 0.2) is 12.3 Å². The normalized spacial score (nSPS) is 30.7. The first-order valence-electron chi connectivity index (χ1n) is 3.05. The van der Waals surface area contributed by atoms with Crippen LogP contribution >= 0.6 is 0 Å². The quantitative estimate of drug-likeness (QED) is 0.556. The summed E-state index contributed by atoms with van der Waals surface area (Å²) in [6.45, 7) is 0. The first kappa shape index (κ1) is 8.13.